The lowest BCUT2D eigenvalue weighted by Crippen LogP contribution is -2.31. The van der Waals surface area contributed by atoms with Crippen LogP contribution in [-0.2, 0) is 0 Å². The summed E-state index contributed by atoms with van der Waals surface area (Å²) in [5, 5.41) is 9.71. The number of likely N-dealkylation sites (N-methyl/N-ethyl adjacent to an activating group) is 1. The van der Waals surface area contributed by atoms with E-state index in [4.69, 9.17) is 11.6 Å². The SMILES string of the molecule is CN(CC(O)CCl)c1ccc(Br)cc1C(=O)c1ccccc1F. The van der Waals surface area contributed by atoms with Crippen LogP contribution in [0.4, 0.5) is 10.1 Å². The molecule has 0 aromatic heterocycles. The molecule has 0 aliphatic carbocycles. The van der Waals surface area contributed by atoms with E-state index in [-0.39, 0.29) is 18.0 Å². The highest BCUT2D eigenvalue weighted by Crippen LogP contribution is 2.27. The summed E-state index contributed by atoms with van der Waals surface area (Å²) < 4.78 is 14.6. The molecule has 1 unspecified atom stereocenters. The van der Waals surface area contributed by atoms with Gasteiger partial charge in [-0.1, -0.05) is 28.1 Å². The smallest absolute Gasteiger partial charge is 0.198 e. The third-order valence-electron chi connectivity index (χ3n) is 3.40. The number of carbonyl (C=O) groups is 1. The minimum atomic E-state index is -0.721. The van der Waals surface area contributed by atoms with Gasteiger partial charge in [0.25, 0.3) is 0 Å². The first-order valence-corrected chi connectivity index (χ1v) is 8.30. The Morgan fingerprint density at radius 3 is 2.65 bits per heavy atom. The van der Waals surface area contributed by atoms with Crippen molar-refractivity contribution in [2.24, 2.45) is 0 Å². The molecule has 0 heterocycles. The molecule has 1 atom stereocenters. The average Bonchev–Trinajstić information content (AvgIpc) is 2.54. The molecule has 0 fully saturated rings. The highest BCUT2D eigenvalue weighted by atomic mass is 79.9. The average molecular weight is 401 g/mol. The number of hydrogen-bond acceptors (Lipinski definition) is 3. The van der Waals surface area contributed by atoms with Gasteiger partial charge in [0, 0.05) is 29.3 Å². The molecule has 2 aromatic carbocycles. The van der Waals surface area contributed by atoms with E-state index >= 15 is 0 Å². The third kappa shape index (κ3) is 4.31. The number of carbonyl (C=O) groups excluding carboxylic acids is 1. The first-order chi connectivity index (χ1) is 10.9. The topological polar surface area (TPSA) is 40.5 Å². The number of halogens is 3. The van der Waals surface area contributed by atoms with Crippen molar-refractivity contribution in [3.63, 3.8) is 0 Å². The summed E-state index contributed by atoms with van der Waals surface area (Å²) >= 11 is 8.96. The fourth-order valence-electron chi connectivity index (χ4n) is 2.28. The number of hydrogen-bond donors (Lipinski definition) is 1. The van der Waals surface area contributed by atoms with E-state index < -0.39 is 17.7 Å². The second-order valence-electron chi connectivity index (χ2n) is 5.16. The van der Waals surface area contributed by atoms with E-state index in [1.165, 1.54) is 18.2 Å². The number of aliphatic hydroxyl groups is 1. The lowest BCUT2D eigenvalue weighted by atomic mass is 10.0. The summed E-state index contributed by atoms with van der Waals surface area (Å²) in [6, 6.07) is 11.1. The highest BCUT2D eigenvalue weighted by Gasteiger charge is 2.20. The Kier molecular flexibility index (Phi) is 6.16. The largest absolute Gasteiger partial charge is 0.390 e. The molecule has 0 aliphatic heterocycles. The molecule has 1 N–H and O–H groups in total. The van der Waals surface area contributed by atoms with Crippen LogP contribution in [0, 0.1) is 5.82 Å². The molecule has 122 valence electrons. The third-order valence-corrected chi connectivity index (χ3v) is 4.25. The van der Waals surface area contributed by atoms with Crippen LogP contribution in [0.3, 0.4) is 0 Å². The summed E-state index contributed by atoms with van der Waals surface area (Å²) in [4.78, 5) is 14.5. The molecule has 0 bridgehead atoms. The van der Waals surface area contributed by atoms with Gasteiger partial charge in [-0.2, -0.15) is 0 Å². The maximum Gasteiger partial charge on any atom is 0.198 e. The molecular weight excluding hydrogens is 385 g/mol. The maximum absolute atomic E-state index is 13.9. The summed E-state index contributed by atoms with van der Waals surface area (Å²) in [6.07, 6.45) is -0.721. The molecule has 3 nitrogen and oxygen atoms in total. The van der Waals surface area contributed by atoms with Gasteiger partial charge in [0.1, 0.15) is 5.82 Å². The molecule has 0 radical (unpaired) electrons. The van der Waals surface area contributed by atoms with E-state index in [9.17, 15) is 14.3 Å². The zero-order valence-electron chi connectivity index (χ0n) is 12.5. The zero-order valence-corrected chi connectivity index (χ0v) is 14.8. The highest BCUT2D eigenvalue weighted by molar-refractivity contribution is 9.10. The number of alkyl halides is 1. The van der Waals surface area contributed by atoms with Gasteiger partial charge in [-0.15, -0.1) is 11.6 Å². The van der Waals surface area contributed by atoms with Crippen molar-refractivity contribution in [3.8, 4) is 0 Å². The molecular formula is C17H16BrClFNO2. The van der Waals surface area contributed by atoms with Crippen LogP contribution in [0.5, 0.6) is 0 Å². The van der Waals surface area contributed by atoms with Gasteiger partial charge in [-0.3, -0.25) is 4.79 Å². The minimum Gasteiger partial charge on any atom is -0.390 e. The number of anilines is 1. The van der Waals surface area contributed by atoms with Crippen molar-refractivity contribution in [1.29, 1.82) is 0 Å². The van der Waals surface area contributed by atoms with E-state index in [0.717, 1.165) is 0 Å². The molecule has 0 saturated carbocycles. The summed E-state index contributed by atoms with van der Waals surface area (Å²) in [7, 11) is 1.75. The Morgan fingerprint density at radius 2 is 2.00 bits per heavy atom. The molecule has 2 rings (SSSR count). The summed E-state index contributed by atoms with van der Waals surface area (Å²) in [6.45, 7) is 0.267. The van der Waals surface area contributed by atoms with Crippen molar-refractivity contribution in [2.45, 2.75) is 6.10 Å². The molecule has 0 saturated heterocycles. The van der Waals surface area contributed by atoms with Crippen molar-refractivity contribution < 1.29 is 14.3 Å². The summed E-state index contributed by atoms with van der Waals surface area (Å²) in [5.41, 5.74) is 0.970. The van der Waals surface area contributed by atoms with Crippen LogP contribution in [0.15, 0.2) is 46.9 Å². The number of aliphatic hydroxyl groups excluding tert-OH is 1. The molecule has 0 spiro atoms. The van der Waals surface area contributed by atoms with Gasteiger partial charge in [0.05, 0.1) is 17.5 Å². The second kappa shape index (κ2) is 7.90. The van der Waals surface area contributed by atoms with E-state index in [2.05, 4.69) is 15.9 Å². The van der Waals surface area contributed by atoms with Crippen LogP contribution >= 0.6 is 27.5 Å². The van der Waals surface area contributed by atoms with Crippen molar-refractivity contribution in [1.82, 2.24) is 0 Å². The van der Waals surface area contributed by atoms with Crippen molar-refractivity contribution in [3.05, 3.63) is 63.9 Å². The van der Waals surface area contributed by atoms with Gasteiger partial charge < -0.3 is 10.0 Å². The number of nitrogens with zero attached hydrogens (tertiary/aromatic N) is 1. The molecule has 0 amide bonds. The molecule has 0 aliphatic rings. The Morgan fingerprint density at radius 1 is 1.30 bits per heavy atom. The van der Waals surface area contributed by atoms with Gasteiger partial charge in [0.15, 0.2) is 5.78 Å². The van der Waals surface area contributed by atoms with Gasteiger partial charge in [-0.05, 0) is 30.3 Å². The van der Waals surface area contributed by atoms with Crippen LogP contribution in [0.2, 0.25) is 0 Å². The monoisotopic (exact) mass is 399 g/mol. The zero-order chi connectivity index (χ0) is 17.0. The molecule has 23 heavy (non-hydrogen) atoms. The second-order valence-corrected chi connectivity index (χ2v) is 6.38. The normalized spacial score (nSPS) is 12.0. The Balaban J connectivity index is 2.43. The van der Waals surface area contributed by atoms with E-state index in [0.29, 0.717) is 15.7 Å². The van der Waals surface area contributed by atoms with Crippen LogP contribution in [0.25, 0.3) is 0 Å². The van der Waals surface area contributed by atoms with Crippen LogP contribution in [-0.4, -0.2) is 36.5 Å². The Labute approximate surface area is 147 Å². The molecule has 6 heteroatoms. The first kappa shape index (κ1) is 17.9. The quantitative estimate of drug-likeness (QED) is 0.591. The standard InChI is InChI=1S/C17H16BrClFNO2/c1-21(10-12(22)9-19)16-7-6-11(18)8-14(16)17(23)13-4-2-3-5-15(13)20/h2-8,12,22H,9-10H2,1H3. The fourth-order valence-corrected chi connectivity index (χ4v) is 2.74. The maximum atomic E-state index is 13.9. The lowest BCUT2D eigenvalue weighted by Gasteiger charge is -2.24. The number of benzene rings is 2. The Bertz CT molecular complexity index is 711. The van der Waals surface area contributed by atoms with Gasteiger partial charge in [0.2, 0.25) is 0 Å². The van der Waals surface area contributed by atoms with E-state index in [1.54, 1.807) is 36.2 Å². The van der Waals surface area contributed by atoms with Gasteiger partial charge in [-0.25, -0.2) is 4.39 Å². The first-order valence-electron chi connectivity index (χ1n) is 6.98. The van der Waals surface area contributed by atoms with Crippen molar-refractivity contribution >= 4 is 39.0 Å². The predicted octanol–water partition coefficient (Wildman–Crippen LogP) is 3.86. The van der Waals surface area contributed by atoms with Gasteiger partial charge >= 0.3 is 0 Å². The predicted molar refractivity (Wildman–Crippen MR) is 94.0 cm³/mol. The summed E-state index contributed by atoms with van der Waals surface area (Å²) in [5.74, 6) is -0.879. The number of ketones is 1. The fraction of sp³-hybridized carbons (Fsp3) is 0.235. The minimum absolute atomic E-state index is 0.0122. The van der Waals surface area contributed by atoms with Crippen molar-refractivity contribution in [2.75, 3.05) is 24.4 Å². The molecule has 2 aromatic rings. The number of rotatable bonds is 6. The van der Waals surface area contributed by atoms with Crippen LogP contribution in [0.1, 0.15) is 15.9 Å². The van der Waals surface area contributed by atoms with E-state index in [1.807, 2.05) is 0 Å². The lowest BCUT2D eigenvalue weighted by molar-refractivity contribution is 0.103. The Hall–Kier alpha value is -1.43. The van der Waals surface area contributed by atoms with Crippen LogP contribution < -0.4 is 4.90 Å².